The van der Waals surface area contributed by atoms with Crippen molar-refractivity contribution in [1.29, 1.82) is 0 Å². The number of nitrogens with one attached hydrogen (secondary N) is 1. The van der Waals surface area contributed by atoms with E-state index in [1.165, 1.54) is 0 Å². The summed E-state index contributed by atoms with van der Waals surface area (Å²) in [6.45, 7) is 4.52. The molecule has 3 rings (SSSR count). The maximum Gasteiger partial charge on any atom is 0.275 e. The van der Waals surface area contributed by atoms with Crippen molar-refractivity contribution in [3.8, 4) is 5.69 Å². The third-order valence-corrected chi connectivity index (χ3v) is 4.00. The topological polar surface area (TPSA) is 64.7 Å². The molecule has 6 nitrogen and oxygen atoms in total. The molecule has 0 aliphatic rings. The lowest BCUT2D eigenvalue weighted by Crippen LogP contribution is -2.18. The van der Waals surface area contributed by atoms with Crippen LogP contribution in [0.15, 0.2) is 47.2 Å². The molecular formula is C16H16BrN5O. The monoisotopic (exact) mass is 373 g/mol. The van der Waals surface area contributed by atoms with Crippen molar-refractivity contribution in [2.24, 2.45) is 0 Å². The lowest BCUT2D eigenvalue weighted by Gasteiger charge is -2.08. The van der Waals surface area contributed by atoms with Gasteiger partial charge in [0.15, 0.2) is 0 Å². The summed E-state index contributed by atoms with van der Waals surface area (Å²) in [4.78, 5) is 12.4. The molecular weight excluding hydrogens is 358 g/mol. The molecule has 2 aromatic heterocycles. The molecule has 0 unspecified atom stereocenters. The van der Waals surface area contributed by atoms with Crippen LogP contribution in [0.5, 0.6) is 0 Å². The molecule has 0 aliphatic carbocycles. The van der Waals surface area contributed by atoms with Crippen LogP contribution in [0.25, 0.3) is 5.69 Å². The predicted molar refractivity (Wildman–Crippen MR) is 91.9 cm³/mol. The van der Waals surface area contributed by atoms with E-state index in [1.54, 1.807) is 15.6 Å². The van der Waals surface area contributed by atoms with E-state index in [-0.39, 0.29) is 5.91 Å². The number of aromatic nitrogens is 4. The van der Waals surface area contributed by atoms with Gasteiger partial charge in [-0.15, -0.1) is 0 Å². The zero-order valence-electron chi connectivity index (χ0n) is 12.8. The summed E-state index contributed by atoms with van der Waals surface area (Å²) >= 11 is 3.36. The van der Waals surface area contributed by atoms with Crippen LogP contribution in [-0.4, -0.2) is 25.5 Å². The number of hydrogen-bond donors (Lipinski definition) is 1. The number of carbonyl (C=O) groups excluding carboxylic acids is 1. The van der Waals surface area contributed by atoms with Crippen molar-refractivity contribution in [1.82, 2.24) is 19.6 Å². The van der Waals surface area contributed by atoms with Crippen molar-refractivity contribution in [2.45, 2.75) is 20.4 Å². The molecule has 1 aromatic carbocycles. The Morgan fingerprint density at radius 1 is 1.26 bits per heavy atom. The number of halogens is 1. The zero-order valence-corrected chi connectivity index (χ0v) is 14.4. The summed E-state index contributed by atoms with van der Waals surface area (Å²) in [6, 6.07) is 9.47. The highest BCUT2D eigenvalue weighted by Crippen LogP contribution is 2.19. The van der Waals surface area contributed by atoms with Gasteiger partial charge in [-0.2, -0.15) is 10.2 Å². The smallest absolute Gasteiger partial charge is 0.275 e. The highest BCUT2D eigenvalue weighted by molar-refractivity contribution is 9.10. The number of hydrogen-bond acceptors (Lipinski definition) is 3. The highest BCUT2D eigenvalue weighted by atomic mass is 79.9. The predicted octanol–water partition coefficient (Wildman–Crippen LogP) is 3.41. The molecule has 0 radical (unpaired) electrons. The lowest BCUT2D eigenvalue weighted by molar-refractivity contribution is 0.101. The number of anilines is 1. The standard InChI is InChI=1S/C16H16BrN5O/c1-3-21-15(14(17)10-18-21)16(23)19-12-4-6-13(7-5-12)22-9-8-11(2)20-22/h4-10H,3H2,1-2H3,(H,19,23). The molecule has 23 heavy (non-hydrogen) atoms. The van der Waals surface area contributed by atoms with Crippen molar-refractivity contribution in [2.75, 3.05) is 5.32 Å². The average molecular weight is 374 g/mol. The summed E-state index contributed by atoms with van der Waals surface area (Å²) < 4.78 is 4.13. The Morgan fingerprint density at radius 3 is 2.61 bits per heavy atom. The Labute approximate surface area is 142 Å². The van der Waals surface area contributed by atoms with Crippen molar-refractivity contribution in [3.63, 3.8) is 0 Å². The lowest BCUT2D eigenvalue weighted by atomic mass is 10.2. The molecule has 1 N–H and O–H groups in total. The van der Waals surface area contributed by atoms with Gasteiger partial charge < -0.3 is 5.32 Å². The molecule has 7 heteroatoms. The number of amides is 1. The van der Waals surface area contributed by atoms with E-state index >= 15 is 0 Å². The Kier molecular flexibility index (Phi) is 4.29. The summed E-state index contributed by atoms with van der Waals surface area (Å²) in [6.07, 6.45) is 3.53. The van der Waals surface area contributed by atoms with E-state index in [9.17, 15) is 4.79 Å². The normalized spacial score (nSPS) is 10.7. The van der Waals surface area contributed by atoms with Crippen LogP contribution in [0.4, 0.5) is 5.69 Å². The van der Waals surface area contributed by atoms with Crippen molar-refractivity contribution < 1.29 is 4.79 Å². The van der Waals surface area contributed by atoms with Crippen LogP contribution >= 0.6 is 15.9 Å². The average Bonchev–Trinajstić information content (AvgIpc) is 3.13. The van der Waals surface area contributed by atoms with E-state index in [0.717, 1.165) is 17.1 Å². The second-order valence-corrected chi connectivity index (χ2v) is 5.91. The molecule has 0 atom stereocenters. The molecule has 0 bridgehead atoms. The van der Waals surface area contributed by atoms with E-state index in [2.05, 4.69) is 31.4 Å². The fraction of sp³-hybridized carbons (Fsp3) is 0.188. The molecule has 3 aromatic rings. The van der Waals surface area contributed by atoms with Gasteiger partial charge in [-0.3, -0.25) is 9.48 Å². The molecule has 0 aliphatic heterocycles. The summed E-state index contributed by atoms with van der Waals surface area (Å²) in [7, 11) is 0. The second-order valence-electron chi connectivity index (χ2n) is 5.06. The molecule has 0 saturated carbocycles. The minimum Gasteiger partial charge on any atom is -0.321 e. The second kappa shape index (κ2) is 6.37. The highest BCUT2D eigenvalue weighted by Gasteiger charge is 2.16. The number of carbonyl (C=O) groups is 1. The minimum atomic E-state index is -0.195. The number of rotatable bonds is 4. The Bertz CT molecular complexity index is 835. The number of aryl methyl sites for hydroxylation is 2. The zero-order chi connectivity index (χ0) is 16.4. The first-order valence-corrected chi connectivity index (χ1v) is 8.03. The van der Waals surface area contributed by atoms with Gasteiger partial charge in [0, 0.05) is 18.4 Å². The van der Waals surface area contributed by atoms with E-state index in [0.29, 0.717) is 16.7 Å². The molecule has 118 valence electrons. The number of benzene rings is 1. The minimum absolute atomic E-state index is 0.195. The first-order chi connectivity index (χ1) is 11.1. The fourth-order valence-electron chi connectivity index (χ4n) is 2.27. The molecule has 1 amide bonds. The van der Waals surface area contributed by atoms with Crippen LogP contribution in [0.1, 0.15) is 23.1 Å². The van der Waals surface area contributed by atoms with Crippen LogP contribution in [0, 0.1) is 6.92 Å². The summed E-state index contributed by atoms with van der Waals surface area (Å²) in [5.74, 6) is -0.195. The van der Waals surface area contributed by atoms with Gasteiger partial charge in [-0.25, -0.2) is 4.68 Å². The van der Waals surface area contributed by atoms with Gasteiger partial charge in [-0.05, 0) is 60.1 Å². The quantitative estimate of drug-likeness (QED) is 0.761. The van der Waals surface area contributed by atoms with Gasteiger partial charge >= 0.3 is 0 Å². The SMILES string of the molecule is CCn1ncc(Br)c1C(=O)Nc1ccc(-n2ccc(C)n2)cc1. The Morgan fingerprint density at radius 2 is 2.00 bits per heavy atom. The van der Waals surface area contributed by atoms with Crippen LogP contribution in [0.2, 0.25) is 0 Å². The third-order valence-electron chi connectivity index (χ3n) is 3.42. The Balaban J connectivity index is 1.78. The van der Waals surface area contributed by atoms with Gasteiger partial charge in [0.05, 0.1) is 22.1 Å². The van der Waals surface area contributed by atoms with E-state index in [1.807, 2.05) is 50.4 Å². The van der Waals surface area contributed by atoms with Crippen LogP contribution in [0.3, 0.4) is 0 Å². The first-order valence-electron chi connectivity index (χ1n) is 7.24. The van der Waals surface area contributed by atoms with Crippen LogP contribution in [-0.2, 0) is 6.54 Å². The van der Waals surface area contributed by atoms with Gasteiger partial charge in [0.1, 0.15) is 5.69 Å². The molecule has 0 spiro atoms. The largest absolute Gasteiger partial charge is 0.321 e. The first kappa shape index (κ1) is 15.5. The molecule has 2 heterocycles. The maximum atomic E-state index is 12.4. The molecule has 0 fully saturated rings. The number of nitrogens with zero attached hydrogens (tertiary/aromatic N) is 4. The van der Waals surface area contributed by atoms with E-state index in [4.69, 9.17) is 0 Å². The molecule has 0 saturated heterocycles. The summed E-state index contributed by atoms with van der Waals surface area (Å²) in [5.41, 5.74) is 3.13. The summed E-state index contributed by atoms with van der Waals surface area (Å²) in [5, 5.41) is 11.4. The third kappa shape index (κ3) is 3.19. The van der Waals surface area contributed by atoms with E-state index < -0.39 is 0 Å². The van der Waals surface area contributed by atoms with Crippen molar-refractivity contribution >= 4 is 27.5 Å². The van der Waals surface area contributed by atoms with Crippen LogP contribution < -0.4 is 5.32 Å². The Hall–Kier alpha value is -2.41. The fourth-order valence-corrected chi connectivity index (χ4v) is 2.75. The maximum absolute atomic E-state index is 12.4. The van der Waals surface area contributed by atoms with Crippen molar-refractivity contribution in [3.05, 3.63) is 58.6 Å². The van der Waals surface area contributed by atoms with Gasteiger partial charge in [0.2, 0.25) is 0 Å². The van der Waals surface area contributed by atoms with Gasteiger partial charge in [-0.1, -0.05) is 0 Å². The van der Waals surface area contributed by atoms with Gasteiger partial charge in [0.25, 0.3) is 5.91 Å².